The Kier molecular flexibility index (Phi) is 4.44. The summed E-state index contributed by atoms with van der Waals surface area (Å²) >= 11 is 0. The number of hydrogen-bond acceptors (Lipinski definition) is 6. The molecule has 1 aliphatic heterocycles. The molecule has 2 N–H and O–H groups in total. The molecular formula is C14H21N3O3. The van der Waals surface area contributed by atoms with Gasteiger partial charge in [-0.15, -0.1) is 0 Å². The Hall–Kier alpha value is -1.82. The topological polar surface area (TPSA) is 77.7 Å². The van der Waals surface area contributed by atoms with Crippen LogP contribution in [0, 0.1) is 0 Å². The van der Waals surface area contributed by atoms with Crippen molar-refractivity contribution in [1.82, 2.24) is 4.98 Å². The molecule has 1 saturated heterocycles. The number of rotatable bonds is 3. The molecule has 2 heterocycles. The van der Waals surface area contributed by atoms with Gasteiger partial charge < -0.3 is 20.1 Å². The minimum atomic E-state index is -0.444. The number of methoxy groups -OCH3 is 1. The molecule has 1 aromatic rings. The van der Waals surface area contributed by atoms with Crippen molar-refractivity contribution < 1.29 is 14.3 Å². The van der Waals surface area contributed by atoms with Crippen molar-refractivity contribution in [3.63, 3.8) is 0 Å². The summed E-state index contributed by atoms with van der Waals surface area (Å²) in [4.78, 5) is 18.2. The van der Waals surface area contributed by atoms with Crippen molar-refractivity contribution in [2.75, 3.05) is 30.9 Å². The van der Waals surface area contributed by atoms with Crippen LogP contribution < -0.4 is 10.6 Å². The second-order valence-electron chi connectivity index (χ2n) is 4.98. The third-order valence-corrected chi connectivity index (χ3v) is 3.56. The van der Waals surface area contributed by atoms with Crippen LogP contribution in [0.4, 0.5) is 11.5 Å². The van der Waals surface area contributed by atoms with E-state index >= 15 is 0 Å². The smallest absolute Gasteiger partial charge is 0.340 e. The maximum atomic E-state index is 11.7. The third kappa shape index (κ3) is 2.85. The molecule has 0 saturated carbocycles. The van der Waals surface area contributed by atoms with E-state index in [9.17, 15) is 4.79 Å². The monoisotopic (exact) mass is 279 g/mol. The lowest BCUT2D eigenvalue weighted by atomic mass is 10.1. The Morgan fingerprint density at radius 1 is 1.65 bits per heavy atom. The number of nitrogen functional groups attached to an aromatic ring is 1. The van der Waals surface area contributed by atoms with Gasteiger partial charge in [0.05, 0.1) is 43.3 Å². The zero-order valence-electron chi connectivity index (χ0n) is 12.1. The van der Waals surface area contributed by atoms with Gasteiger partial charge in [-0.3, -0.25) is 0 Å². The fourth-order valence-electron chi connectivity index (χ4n) is 2.36. The molecule has 0 spiro atoms. The molecule has 1 aliphatic rings. The number of carbonyl (C=O) groups excluding carboxylic acids is 1. The summed E-state index contributed by atoms with van der Waals surface area (Å²) in [5.41, 5.74) is 6.47. The summed E-state index contributed by atoms with van der Waals surface area (Å²) in [6.07, 6.45) is 2.60. The summed E-state index contributed by atoms with van der Waals surface area (Å²) < 4.78 is 10.4. The van der Waals surface area contributed by atoms with Crippen molar-refractivity contribution in [3.8, 4) is 0 Å². The first-order valence-corrected chi connectivity index (χ1v) is 6.78. The zero-order valence-corrected chi connectivity index (χ0v) is 12.1. The van der Waals surface area contributed by atoms with Gasteiger partial charge in [0.25, 0.3) is 0 Å². The quantitative estimate of drug-likeness (QED) is 0.844. The second-order valence-corrected chi connectivity index (χ2v) is 4.98. The molecule has 2 atom stereocenters. The maximum absolute atomic E-state index is 11.7. The van der Waals surface area contributed by atoms with Crippen molar-refractivity contribution in [1.29, 1.82) is 0 Å². The summed E-state index contributed by atoms with van der Waals surface area (Å²) in [5.74, 6) is 0.294. The molecule has 0 amide bonds. The van der Waals surface area contributed by atoms with E-state index in [0.717, 1.165) is 18.8 Å². The molecular weight excluding hydrogens is 258 g/mol. The number of hydrogen-bond donors (Lipinski definition) is 1. The van der Waals surface area contributed by atoms with E-state index in [-0.39, 0.29) is 12.1 Å². The number of nitrogens with two attached hydrogens (primary N) is 1. The van der Waals surface area contributed by atoms with E-state index in [1.165, 1.54) is 13.3 Å². The van der Waals surface area contributed by atoms with Crippen molar-refractivity contribution >= 4 is 17.5 Å². The number of carbonyl (C=O) groups is 1. The first-order chi connectivity index (χ1) is 9.56. The van der Waals surface area contributed by atoms with Gasteiger partial charge >= 0.3 is 5.97 Å². The maximum Gasteiger partial charge on any atom is 0.340 e. The van der Waals surface area contributed by atoms with Crippen LogP contribution in [0.15, 0.2) is 12.3 Å². The Balaban J connectivity index is 2.33. The van der Waals surface area contributed by atoms with Gasteiger partial charge in [-0.1, -0.05) is 6.92 Å². The molecule has 20 heavy (non-hydrogen) atoms. The Bertz CT molecular complexity index is 493. The van der Waals surface area contributed by atoms with Crippen LogP contribution in [0.5, 0.6) is 0 Å². The molecule has 1 fully saturated rings. The van der Waals surface area contributed by atoms with Gasteiger partial charge in [0, 0.05) is 6.54 Å². The van der Waals surface area contributed by atoms with Crippen LogP contribution in [0.1, 0.15) is 30.6 Å². The molecule has 2 rings (SSSR count). The van der Waals surface area contributed by atoms with E-state index in [4.69, 9.17) is 15.2 Å². The van der Waals surface area contributed by atoms with Gasteiger partial charge in [0.1, 0.15) is 5.82 Å². The molecule has 6 heteroatoms. The highest BCUT2D eigenvalue weighted by molar-refractivity contribution is 5.95. The number of ether oxygens (including phenoxy) is 2. The van der Waals surface area contributed by atoms with E-state index in [0.29, 0.717) is 17.9 Å². The lowest BCUT2D eigenvalue weighted by molar-refractivity contribution is 0.0296. The Morgan fingerprint density at radius 3 is 3.05 bits per heavy atom. The normalized spacial score (nSPS) is 22.6. The predicted molar refractivity (Wildman–Crippen MR) is 76.8 cm³/mol. The number of morpholine rings is 1. The average molecular weight is 279 g/mol. The van der Waals surface area contributed by atoms with E-state index in [1.807, 2.05) is 6.92 Å². The van der Waals surface area contributed by atoms with Gasteiger partial charge in [-0.2, -0.15) is 0 Å². The Morgan fingerprint density at radius 2 is 2.40 bits per heavy atom. The lowest BCUT2D eigenvalue weighted by Crippen LogP contribution is -2.49. The molecule has 1 aromatic heterocycles. The predicted octanol–water partition coefficient (Wildman–Crippen LogP) is 1.45. The minimum absolute atomic E-state index is 0.138. The highest BCUT2D eigenvalue weighted by Crippen LogP contribution is 2.24. The fourth-order valence-corrected chi connectivity index (χ4v) is 2.36. The number of esters is 1. The highest BCUT2D eigenvalue weighted by Gasteiger charge is 2.27. The van der Waals surface area contributed by atoms with Crippen LogP contribution in [-0.2, 0) is 9.47 Å². The summed E-state index contributed by atoms with van der Waals surface area (Å²) in [6.45, 7) is 5.54. The third-order valence-electron chi connectivity index (χ3n) is 3.56. The van der Waals surface area contributed by atoms with Gasteiger partial charge in [-0.05, 0) is 19.4 Å². The average Bonchev–Trinajstić information content (AvgIpc) is 2.47. The van der Waals surface area contributed by atoms with Crippen LogP contribution in [0.2, 0.25) is 0 Å². The van der Waals surface area contributed by atoms with Crippen molar-refractivity contribution in [2.24, 2.45) is 0 Å². The first kappa shape index (κ1) is 14.6. The summed E-state index contributed by atoms with van der Waals surface area (Å²) in [7, 11) is 1.34. The van der Waals surface area contributed by atoms with Crippen LogP contribution in [-0.4, -0.2) is 43.4 Å². The number of nitrogens with zero attached hydrogens (tertiary/aromatic N) is 2. The first-order valence-electron chi connectivity index (χ1n) is 6.78. The number of pyridine rings is 1. The molecule has 2 unspecified atom stereocenters. The van der Waals surface area contributed by atoms with Gasteiger partial charge in [-0.25, -0.2) is 9.78 Å². The molecule has 6 nitrogen and oxygen atoms in total. The summed E-state index contributed by atoms with van der Waals surface area (Å²) in [6, 6.07) is 1.95. The van der Waals surface area contributed by atoms with Crippen molar-refractivity contribution in [3.05, 3.63) is 17.8 Å². The van der Waals surface area contributed by atoms with Crippen LogP contribution in [0.3, 0.4) is 0 Å². The molecule has 110 valence electrons. The lowest BCUT2D eigenvalue weighted by Gasteiger charge is -2.39. The minimum Gasteiger partial charge on any atom is -0.465 e. The highest BCUT2D eigenvalue weighted by atomic mass is 16.5. The van der Waals surface area contributed by atoms with Gasteiger partial charge in [0.15, 0.2) is 0 Å². The van der Waals surface area contributed by atoms with Gasteiger partial charge in [0.2, 0.25) is 0 Å². The van der Waals surface area contributed by atoms with E-state index < -0.39 is 5.97 Å². The largest absolute Gasteiger partial charge is 0.465 e. The van der Waals surface area contributed by atoms with E-state index in [1.54, 1.807) is 6.07 Å². The number of anilines is 2. The SMILES string of the molecule is CCC1COC(C)CN1c1cc(C(=O)OC)c(N)cn1. The molecule has 0 radical (unpaired) electrons. The summed E-state index contributed by atoms with van der Waals surface area (Å²) in [5, 5.41) is 0. The molecule has 0 aromatic carbocycles. The second kappa shape index (κ2) is 6.09. The van der Waals surface area contributed by atoms with Crippen LogP contribution in [0.25, 0.3) is 0 Å². The van der Waals surface area contributed by atoms with Crippen LogP contribution >= 0.6 is 0 Å². The fraction of sp³-hybridized carbons (Fsp3) is 0.571. The standard InChI is InChI=1S/C14H21N3O3/c1-4-10-8-20-9(2)7-17(10)13-5-11(14(18)19-3)12(15)6-16-13/h5-6,9-10H,4,7-8,15H2,1-3H3. The zero-order chi connectivity index (χ0) is 14.7. The Labute approximate surface area is 118 Å². The van der Waals surface area contributed by atoms with E-state index in [2.05, 4.69) is 16.8 Å². The molecule has 0 aliphatic carbocycles. The number of aromatic nitrogens is 1. The van der Waals surface area contributed by atoms with Crippen molar-refractivity contribution in [2.45, 2.75) is 32.4 Å². The molecule has 0 bridgehead atoms.